The number of nitrogens with zero attached hydrogens (tertiary/aromatic N) is 2. The van der Waals surface area contributed by atoms with Gasteiger partial charge in [-0.15, -0.1) is 0 Å². The van der Waals surface area contributed by atoms with Crippen LogP contribution in [0.1, 0.15) is 19.8 Å². The summed E-state index contributed by atoms with van der Waals surface area (Å²) in [4.78, 5) is 6.40. The summed E-state index contributed by atoms with van der Waals surface area (Å²) in [5.74, 6) is 0.694. The van der Waals surface area contributed by atoms with Gasteiger partial charge in [-0.05, 0) is 19.8 Å². The molecular formula is C9H20N4O2S. The smallest absolute Gasteiger partial charge is 0.210 e. The Balaban J connectivity index is 2.51. The topological polar surface area (TPSA) is 87.8 Å². The summed E-state index contributed by atoms with van der Waals surface area (Å²) in [6.07, 6.45) is 2.33. The predicted octanol–water partition coefficient (Wildman–Crippen LogP) is -0.664. The minimum Gasteiger partial charge on any atom is -0.357 e. The molecule has 1 heterocycles. The molecule has 0 aliphatic carbocycles. The van der Waals surface area contributed by atoms with E-state index >= 15 is 0 Å². The van der Waals surface area contributed by atoms with Gasteiger partial charge in [-0.1, -0.05) is 0 Å². The van der Waals surface area contributed by atoms with Crippen molar-refractivity contribution in [3.8, 4) is 0 Å². The molecule has 3 N–H and O–H groups in total. The minimum atomic E-state index is -3.41. The number of nitrogens with one attached hydrogen (secondary N) is 1. The molecule has 0 aromatic heterocycles. The lowest BCUT2D eigenvalue weighted by Crippen LogP contribution is -2.40. The van der Waals surface area contributed by atoms with Crippen molar-refractivity contribution in [1.29, 1.82) is 0 Å². The number of hydrogen-bond donors (Lipinski definition) is 2. The fourth-order valence-corrected chi connectivity index (χ4v) is 1.98. The third-order valence-corrected chi connectivity index (χ3v) is 3.13. The monoisotopic (exact) mass is 248 g/mol. The highest BCUT2D eigenvalue weighted by molar-refractivity contribution is 7.89. The SMILES string of the molecule is CCNC(=NCCS(N)(=O)=O)N1CCCC1. The molecule has 1 aliphatic heterocycles. The standard InChI is InChI=1S/C9H20N4O2S/c1-2-11-9(13-6-3-4-7-13)12-5-8-16(10,14)15/h2-8H2,1H3,(H,11,12)(H2,10,14,15). The van der Waals surface area contributed by atoms with E-state index in [1.807, 2.05) is 6.92 Å². The number of guanidine groups is 1. The molecule has 1 rings (SSSR count). The maximum absolute atomic E-state index is 10.8. The predicted molar refractivity (Wildman–Crippen MR) is 64.8 cm³/mol. The maximum Gasteiger partial charge on any atom is 0.210 e. The molecular weight excluding hydrogens is 228 g/mol. The number of aliphatic imine (C=N–C) groups is 1. The van der Waals surface area contributed by atoms with Crippen LogP contribution in [0.4, 0.5) is 0 Å². The van der Waals surface area contributed by atoms with Crippen LogP contribution in [-0.2, 0) is 10.0 Å². The molecule has 0 saturated carbocycles. The lowest BCUT2D eigenvalue weighted by Gasteiger charge is -2.20. The maximum atomic E-state index is 10.8. The largest absolute Gasteiger partial charge is 0.357 e. The Bertz CT molecular complexity index is 333. The van der Waals surface area contributed by atoms with E-state index in [0.717, 1.165) is 25.6 Å². The molecule has 16 heavy (non-hydrogen) atoms. The molecule has 0 aromatic carbocycles. The third kappa shape index (κ3) is 4.80. The van der Waals surface area contributed by atoms with E-state index in [1.165, 1.54) is 12.8 Å². The van der Waals surface area contributed by atoms with Gasteiger partial charge in [0.15, 0.2) is 5.96 Å². The van der Waals surface area contributed by atoms with Gasteiger partial charge in [0.25, 0.3) is 0 Å². The first kappa shape index (κ1) is 13.2. The van der Waals surface area contributed by atoms with Gasteiger partial charge in [-0.25, -0.2) is 13.6 Å². The van der Waals surface area contributed by atoms with E-state index < -0.39 is 10.0 Å². The molecule has 1 fully saturated rings. The highest BCUT2D eigenvalue weighted by Gasteiger charge is 2.15. The molecule has 0 unspecified atom stereocenters. The lowest BCUT2D eigenvalue weighted by molar-refractivity contribution is 0.494. The van der Waals surface area contributed by atoms with E-state index in [-0.39, 0.29) is 12.3 Å². The van der Waals surface area contributed by atoms with Crippen molar-refractivity contribution in [2.24, 2.45) is 10.1 Å². The van der Waals surface area contributed by atoms with Crippen LogP contribution >= 0.6 is 0 Å². The van der Waals surface area contributed by atoms with Crippen molar-refractivity contribution in [1.82, 2.24) is 10.2 Å². The summed E-state index contributed by atoms with van der Waals surface area (Å²) >= 11 is 0. The van der Waals surface area contributed by atoms with Crippen LogP contribution in [0, 0.1) is 0 Å². The van der Waals surface area contributed by atoms with Crippen molar-refractivity contribution in [3.05, 3.63) is 0 Å². The van der Waals surface area contributed by atoms with Crippen LogP contribution in [0.2, 0.25) is 0 Å². The zero-order valence-corrected chi connectivity index (χ0v) is 10.5. The van der Waals surface area contributed by atoms with Gasteiger partial charge < -0.3 is 10.2 Å². The Labute approximate surface area is 97.0 Å². The molecule has 0 bridgehead atoms. The van der Waals surface area contributed by atoms with Crippen LogP contribution in [0.5, 0.6) is 0 Å². The Hall–Kier alpha value is -0.820. The summed E-state index contributed by atoms with van der Waals surface area (Å²) in [5.41, 5.74) is 0. The number of sulfonamides is 1. The van der Waals surface area contributed by atoms with E-state index in [4.69, 9.17) is 5.14 Å². The van der Waals surface area contributed by atoms with Crippen molar-refractivity contribution >= 4 is 16.0 Å². The third-order valence-electron chi connectivity index (χ3n) is 2.38. The number of hydrogen-bond acceptors (Lipinski definition) is 3. The van der Waals surface area contributed by atoms with E-state index in [9.17, 15) is 8.42 Å². The highest BCUT2D eigenvalue weighted by Crippen LogP contribution is 2.07. The summed E-state index contributed by atoms with van der Waals surface area (Å²) < 4.78 is 21.5. The van der Waals surface area contributed by atoms with Crippen LogP contribution in [-0.4, -0.2) is 51.2 Å². The Kier molecular flexibility index (Phi) is 5.01. The van der Waals surface area contributed by atoms with Gasteiger partial charge in [-0.2, -0.15) is 0 Å². The molecule has 7 heteroatoms. The van der Waals surface area contributed by atoms with Gasteiger partial charge in [0, 0.05) is 19.6 Å². The van der Waals surface area contributed by atoms with Crippen molar-refractivity contribution in [2.45, 2.75) is 19.8 Å². The Morgan fingerprint density at radius 1 is 1.44 bits per heavy atom. The number of nitrogens with two attached hydrogens (primary N) is 1. The summed E-state index contributed by atoms with van der Waals surface area (Å²) in [6.45, 7) is 4.97. The first-order valence-electron chi connectivity index (χ1n) is 5.56. The molecule has 6 nitrogen and oxygen atoms in total. The zero-order chi connectivity index (χ0) is 12.0. The Morgan fingerprint density at radius 2 is 2.06 bits per heavy atom. The first-order chi connectivity index (χ1) is 7.53. The van der Waals surface area contributed by atoms with Gasteiger partial charge in [0.1, 0.15) is 0 Å². The van der Waals surface area contributed by atoms with Gasteiger partial charge in [0.2, 0.25) is 10.0 Å². The molecule has 94 valence electrons. The Morgan fingerprint density at radius 3 is 2.56 bits per heavy atom. The van der Waals surface area contributed by atoms with Crippen LogP contribution in [0.15, 0.2) is 4.99 Å². The molecule has 0 aromatic rings. The summed E-state index contributed by atoms with van der Waals surface area (Å²) in [5, 5.41) is 8.07. The second kappa shape index (κ2) is 6.05. The first-order valence-corrected chi connectivity index (χ1v) is 7.28. The molecule has 0 amide bonds. The van der Waals surface area contributed by atoms with E-state index in [2.05, 4.69) is 15.2 Å². The highest BCUT2D eigenvalue weighted by atomic mass is 32.2. The molecule has 0 atom stereocenters. The summed E-state index contributed by atoms with van der Waals surface area (Å²) in [7, 11) is -3.41. The quantitative estimate of drug-likeness (QED) is 0.510. The molecule has 1 aliphatic rings. The van der Waals surface area contributed by atoms with Crippen LogP contribution in [0.25, 0.3) is 0 Å². The second-order valence-electron chi connectivity index (χ2n) is 3.80. The molecule has 0 radical (unpaired) electrons. The normalized spacial score (nSPS) is 17.9. The number of rotatable bonds is 4. The van der Waals surface area contributed by atoms with Gasteiger partial charge >= 0.3 is 0 Å². The number of likely N-dealkylation sites (tertiary alicyclic amines) is 1. The van der Waals surface area contributed by atoms with E-state index in [0.29, 0.717) is 0 Å². The molecule has 1 saturated heterocycles. The second-order valence-corrected chi connectivity index (χ2v) is 5.53. The molecule has 0 spiro atoms. The minimum absolute atomic E-state index is 0.101. The average molecular weight is 248 g/mol. The van der Waals surface area contributed by atoms with Gasteiger partial charge in [0.05, 0.1) is 12.3 Å². The van der Waals surface area contributed by atoms with Crippen molar-refractivity contribution in [3.63, 3.8) is 0 Å². The zero-order valence-electron chi connectivity index (χ0n) is 9.65. The van der Waals surface area contributed by atoms with Crippen LogP contribution in [0.3, 0.4) is 0 Å². The number of primary sulfonamides is 1. The van der Waals surface area contributed by atoms with Gasteiger partial charge in [-0.3, -0.25) is 4.99 Å². The van der Waals surface area contributed by atoms with Crippen molar-refractivity contribution < 1.29 is 8.42 Å². The fourth-order valence-electron chi connectivity index (χ4n) is 1.63. The summed E-state index contributed by atoms with van der Waals surface area (Å²) in [6, 6.07) is 0. The van der Waals surface area contributed by atoms with Crippen molar-refractivity contribution in [2.75, 3.05) is 31.9 Å². The average Bonchev–Trinajstić information content (AvgIpc) is 2.67. The fraction of sp³-hybridized carbons (Fsp3) is 0.889. The van der Waals surface area contributed by atoms with Crippen LogP contribution < -0.4 is 10.5 Å². The van der Waals surface area contributed by atoms with E-state index in [1.54, 1.807) is 0 Å². The lowest BCUT2D eigenvalue weighted by atomic mass is 10.4.